The predicted molar refractivity (Wildman–Crippen MR) is 371 cm³/mol. The van der Waals surface area contributed by atoms with Crippen LogP contribution in [-0.2, 0) is 0 Å². The van der Waals surface area contributed by atoms with E-state index in [4.69, 9.17) is 34.8 Å². The second-order valence-electron chi connectivity index (χ2n) is 21.8. The molecular weight excluding hydrogens is 1460 g/mol. The van der Waals surface area contributed by atoms with Crippen LogP contribution in [0.25, 0.3) is 22.3 Å². The number of rotatable bonds is 12. The molecule has 0 N–H and O–H groups in total. The molecule has 0 aliphatic carbocycles. The molecule has 12 rings (SSSR count). The van der Waals surface area contributed by atoms with Gasteiger partial charge in [0.25, 0.3) is 0 Å². The summed E-state index contributed by atoms with van der Waals surface area (Å²) >= 11 is 17.1. The van der Waals surface area contributed by atoms with E-state index in [-0.39, 0.29) is 312 Å². The Bertz CT molecular complexity index is 3890. The van der Waals surface area contributed by atoms with Crippen molar-refractivity contribution in [2.24, 2.45) is 0 Å². The minimum Gasteiger partial charge on any atom is -0.469 e. The molecule has 0 heterocycles. The molecule has 0 saturated heterocycles. The van der Waals surface area contributed by atoms with Crippen molar-refractivity contribution in [1.29, 1.82) is 0 Å². The number of benzene rings is 12. The smallest absolute Gasteiger partial charge is 0.469 e. The molecule has 0 radical (unpaired) electrons. The van der Waals surface area contributed by atoms with Crippen molar-refractivity contribution in [2.75, 3.05) is 0 Å². The molecule has 0 fully saturated rings. The molecule has 472 valence electrons. The van der Waals surface area contributed by atoms with Crippen molar-refractivity contribution < 1.29 is 309 Å². The first kappa shape index (κ1) is 91.4. The predicted octanol–water partition coefficient (Wildman–Crippen LogP) is 1.81. The van der Waals surface area contributed by atoms with Gasteiger partial charge in [0.05, 0.1) is 0 Å². The first-order valence-corrected chi connectivity index (χ1v) is 30.4. The Morgan fingerprint density at radius 3 is 0.561 bits per heavy atom. The summed E-state index contributed by atoms with van der Waals surface area (Å²) in [6.07, 6.45) is 0. The van der Waals surface area contributed by atoms with Gasteiger partial charge in [-0.2, -0.15) is 0 Å². The van der Waals surface area contributed by atoms with Crippen LogP contribution in [-0.4, -0.2) is 33.5 Å². The Labute approximate surface area is 793 Å². The zero-order chi connectivity index (χ0) is 66.8. The van der Waals surface area contributed by atoms with Gasteiger partial charge < -0.3 is 43.2 Å². The SMILES string of the molecule is Cc1ccc([B-](F)(F)c2ccc(-c3ccccc3)cc2)cc1.F[B-](F)(c1ccc(Cl)cc1)c1ccc(-c2ccccc2)cc1.F[B-](F)(c1ccc(Cl)cc1)c1ccc(Cl)cc1.F[B-](F)(c1ccccc1)c1ccccc1.Fc1ccc([B-](F)(F)c2ccc(F)cc2)cc1.[K+].[K+].[K+].[K+].[K+]. The van der Waals surface area contributed by atoms with Gasteiger partial charge in [-0.1, -0.05) is 295 Å². The van der Waals surface area contributed by atoms with Gasteiger partial charge in [-0.15, -0.1) is 54.6 Å². The Kier molecular flexibility index (Phi) is 40.8. The monoisotopic (exact) mass is 1510 g/mol. The summed E-state index contributed by atoms with van der Waals surface area (Å²) in [5, 5.41) is 1.34. The molecule has 0 nitrogen and oxygen atoms in total. The minimum absolute atomic E-state index is 0. The molecule has 12 aromatic rings. The molecule has 0 aliphatic heterocycles. The first-order valence-electron chi connectivity index (χ1n) is 29.2. The molecule has 0 aliphatic rings. The van der Waals surface area contributed by atoms with Crippen LogP contribution in [0.5, 0.6) is 0 Å². The third-order valence-electron chi connectivity index (χ3n) is 15.2. The van der Waals surface area contributed by atoms with Gasteiger partial charge >= 0.3 is 290 Å². The van der Waals surface area contributed by atoms with Crippen LogP contribution in [0, 0.1) is 18.6 Å². The number of halogens is 15. The normalized spacial score (nSPS) is 10.9. The summed E-state index contributed by atoms with van der Waals surface area (Å²) in [6.45, 7) is -16.9. The Morgan fingerprint density at radius 2 is 0.347 bits per heavy atom. The van der Waals surface area contributed by atoms with Crippen LogP contribution in [0.4, 0.5) is 51.9 Å². The van der Waals surface area contributed by atoms with Gasteiger partial charge in [-0.25, -0.2) is 8.78 Å². The Balaban J connectivity index is 0.000000317. The van der Waals surface area contributed by atoms with Crippen molar-refractivity contribution in [3.63, 3.8) is 0 Å². The molecule has 98 heavy (non-hydrogen) atoms. The summed E-state index contributed by atoms with van der Waals surface area (Å²) in [6, 6.07) is 79.9. The molecule has 0 amide bonds. The van der Waals surface area contributed by atoms with E-state index in [0.717, 1.165) is 76.3 Å². The summed E-state index contributed by atoms with van der Waals surface area (Å²) in [5.74, 6) is -1.14. The van der Waals surface area contributed by atoms with E-state index < -0.39 is 45.1 Å². The fourth-order valence-electron chi connectivity index (χ4n) is 9.78. The molecule has 0 spiro atoms. The maximum Gasteiger partial charge on any atom is 1.00 e. The number of aryl methyl sites for hydroxylation is 1. The third kappa shape index (κ3) is 26.3. The number of hydrogen-bond acceptors (Lipinski definition) is 0. The molecule has 12 aromatic carbocycles. The Morgan fingerprint density at radius 1 is 0.194 bits per heavy atom. The van der Waals surface area contributed by atoms with Gasteiger partial charge in [0.2, 0.25) is 0 Å². The van der Waals surface area contributed by atoms with Gasteiger partial charge in [0, 0.05) is 15.1 Å². The summed E-state index contributed by atoms with van der Waals surface area (Å²) < 4.78 is 168. The molecule has 0 saturated carbocycles. The standard InChI is InChI=1S/C19H16BF2.C18H13BClF2.C12H8BCl2F2.C12H8BF4.C12H10BF2.5K/c1-15-7-11-18(12-8-15)20(21,22)19-13-9-17(10-14-19)16-5-3-2-4-6-16;20-18-12-10-17(11-13-18)19(21,22)16-8-6-15(7-9-16)14-4-2-1-3-5-14;2*14-11-5-1-9(2-6-11)13(16,17)10-3-7-12(15)8-4-10;14-13(15,11-7-3-1-4-8-11)12-9-5-2-6-10-12;;;;;/h2-14H,1H3;1-13H;2*1-8H;1-10H;;;;;/q5*-1;5*+1. The fourth-order valence-corrected chi connectivity index (χ4v) is 10.2. The maximum atomic E-state index is 14.6. The van der Waals surface area contributed by atoms with Gasteiger partial charge in [0.15, 0.2) is 0 Å². The van der Waals surface area contributed by atoms with E-state index in [0.29, 0.717) is 15.1 Å². The van der Waals surface area contributed by atoms with Crippen LogP contribution in [0.3, 0.4) is 0 Å². The van der Waals surface area contributed by atoms with Crippen LogP contribution in [0.15, 0.2) is 315 Å². The quantitative estimate of drug-likeness (QED) is 0.130. The average Bonchev–Trinajstić information content (AvgIpc) is 0.809. The van der Waals surface area contributed by atoms with Gasteiger partial charge in [0.1, 0.15) is 11.6 Å². The van der Waals surface area contributed by atoms with Crippen LogP contribution < -0.4 is 312 Å². The fraction of sp³-hybridized carbons (Fsp3) is 0.0137. The van der Waals surface area contributed by atoms with Crippen LogP contribution in [0.2, 0.25) is 15.1 Å². The van der Waals surface area contributed by atoms with E-state index >= 15 is 0 Å². The van der Waals surface area contributed by atoms with Crippen LogP contribution >= 0.6 is 34.8 Å². The molecule has 0 atom stereocenters. The van der Waals surface area contributed by atoms with Gasteiger partial charge in [-0.3, -0.25) is 0 Å². The molecule has 25 heteroatoms. The largest absolute Gasteiger partial charge is 1.00 e. The first-order chi connectivity index (χ1) is 44.3. The second-order valence-corrected chi connectivity index (χ2v) is 23.1. The summed E-state index contributed by atoms with van der Waals surface area (Å²) in [4.78, 5) is 0. The molecule has 0 aromatic heterocycles. The van der Waals surface area contributed by atoms with Crippen LogP contribution in [0.1, 0.15) is 5.56 Å². The second kappa shape index (κ2) is 43.7. The average molecular weight is 1520 g/mol. The summed E-state index contributed by atoms with van der Waals surface area (Å²) in [5.41, 5.74) is 4.65. The molecule has 0 unspecified atom stereocenters. The van der Waals surface area contributed by atoms with E-state index in [2.05, 4.69) is 0 Å². The van der Waals surface area contributed by atoms with Gasteiger partial charge in [-0.05, 0) is 89.8 Å². The zero-order valence-electron chi connectivity index (χ0n) is 54.6. The Hall–Kier alpha value is -0.824. The van der Waals surface area contributed by atoms with Crippen molar-refractivity contribution in [3.05, 3.63) is 348 Å². The van der Waals surface area contributed by atoms with Crippen molar-refractivity contribution in [3.8, 4) is 22.3 Å². The van der Waals surface area contributed by atoms with E-state index in [1.165, 1.54) is 133 Å². The maximum absolute atomic E-state index is 14.6. The van der Waals surface area contributed by atoms with Crippen molar-refractivity contribution in [2.45, 2.75) is 6.92 Å². The topological polar surface area (TPSA) is 0 Å². The summed E-state index contributed by atoms with van der Waals surface area (Å²) in [7, 11) is 0. The third-order valence-corrected chi connectivity index (χ3v) is 16.0. The van der Waals surface area contributed by atoms with E-state index in [9.17, 15) is 51.9 Å². The number of hydrogen-bond donors (Lipinski definition) is 0. The minimum atomic E-state index is -3.97. The molecular formula is C73H55B5Cl3F12K5. The molecule has 0 bridgehead atoms. The van der Waals surface area contributed by atoms with E-state index in [1.54, 1.807) is 72.8 Å². The zero-order valence-corrected chi connectivity index (χ0v) is 72.5. The van der Waals surface area contributed by atoms with Crippen molar-refractivity contribution >= 4 is 123 Å². The van der Waals surface area contributed by atoms with E-state index in [1.807, 2.05) is 67.6 Å². The van der Waals surface area contributed by atoms with Crippen molar-refractivity contribution in [1.82, 2.24) is 0 Å².